The first kappa shape index (κ1) is 10.4. The standard InChI is InChI=1S/C10H13NO3/c1-7-4-5-11-9(7)8(6-13-2)10(12)14-3/h4-6,11H,1-3H3/b8-6+. The van der Waals surface area contributed by atoms with Crippen LogP contribution < -0.4 is 0 Å². The Labute approximate surface area is 82.5 Å². The second-order valence-corrected chi connectivity index (χ2v) is 2.79. The maximum absolute atomic E-state index is 11.4. The number of ether oxygens (including phenoxy) is 2. The number of rotatable bonds is 3. The molecule has 0 bridgehead atoms. The van der Waals surface area contributed by atoms with E-state index >= 15 is 0 Å². The Balaban J connectivity index is 3.07. The molecule has 0 aliphatic rings. The van der Waals surface area contributed by atoms with Crippen molar-refractivity contribution in [1.29, 1.82) is 0 Å². The molecule has 0 saturated heterocycles. The van der Waals surface area contributed by atoms with Crippen LogP contribution in [0.5, 0.6) is 0 Å². The van der Waals surface area contributed by atoms with Crippen LogP contribution >= 0.6 is 0 Å². The van der Waals surface area contributed by atoms with E-state index in [1.807, 2.05) is 13.0 Å². The molecule has 1 rings (SSSR count). The molecule has 1 aromatic heterocycles. The van der Waals surface area contributed by atoms with Gasteiger partial charge in [0.1, 0.15) is 5.57 Å². The monoisotopic (exact) mass is 195 g/mol. The van der Waals surface area contributed by atoms with E-state index in [4.69, 9.17) is 4.74 Å². The first-order valence-corrected chi connectivity index (χ1v) is 4.16. The lowest BCUT2D eigenvalue weighted by Crippen LogP contribution is -2.05. The van der Waals surface area contributed by atoms with Crippen molar-refractivity contribution in [3.63, 3.8) is 0 Å². The number of H-pyrrole nitrogens is 1. The molecular weight excluding hydrogens is 182 g/mol. The number of carbonyl (C=O) groups excluding carboxylic acids is 1. The van der Waals surface area contributed by atoms with Crippen LogP contribution in [0.3, 0.4) is 0 Å². The number of hydrogen-bond donors (Lipinski definition) is 1. The van der Waals surface area contributed by atoms with Gasteiger partial charge in [-0.25, -0.2) is 4.79 Å². The molecule has 0 unspecified atom stereocenters. The third kappa shape index (κ3) is 1.96. The summed E-state index contributed by atoms with van der Waals surface area (Å²) in [5.74, 6) is -0.419. The van der Waals surface area contributed by atoms with Crippen molar-refractivity contribution >= 4 is 11.5 Å². The normalized spacial score (nSPS) is 11.2. The zero-order valence-electron chi connectivity index (χ0n) is 8.46. The number of nitrogens with one attached hydrogen (secondary N) is 1. The zero-order chi connectivity index (χ0) is 10.6. The van der Waals surface area contributed by atoms with Crippen molar-refractivity contribution in [1.82, 2.24) is 4.98 Å². The Morgan fingerprint density at radius 3 is 2.64 bits per heavy atom. The van der Waals surface area contributed by atoms with E-state index in [1.165, 1.54) is 20.5 Å². The summed E-state index contributed by atoms with van der Waals surface area (Å²) in [6, 6.07) is 1.88. The summed E-state index contributed by atoms with van der Waals surface area (Å²) in [6.45, 7) is 1.90. The van der Waals surface area contributed by atoms with Gasteiger partial charge in [-0.1, -0.05) is 0 Å². The molecule has 0 aliphatic heterocycles. The van der Waals surface area contributed by atoms with E-state index in [-0.39, 0.29) is 0 Å². The molecule has 0 radical (unpaired) electrons. The number of esters is 1. The van der Waals surface area contributed by atoms with E-state index in [0.717, 1.165) is 11.3 Å². The van der Waals surface area contributed by atoms with Gasteiger partial charge < -0.3 is 14.5 Å². The number of methoxy groups -OCH3 is 2. The van der Waals surface area contributed by atoms with Crippen molar-refractivity contribution in [3.05, 3.63) is 29.8 Å². The van der Waals surface area contributed by atoms with E-state index in [0.29, 0.717) is 5.57 Å². The Bertz CT molecular complexity index is 352. The first-order chi connectivity index (χ1) is 6.70. The molecule has 0 amide bonds. The topological polar surface area (TPSA) is 51.3 Å². The number of aromatic amines is 1. The molecule has 4 nitrogen and oxygen atoms in total. The summed E-state index contributed by atoms with van der Waals surface area (Å²) in [6.07, 6.45) is 3.13. The van der Waals surface area contributed by atoms with Gasteiger partial charge >= 0.3 is 5.97 Å². The predicted octanol–water partition coefficient (Wildman–Crippen LogP) is 1.48. The van der Waals surface area contributed by atoms with Crippen LogP contribution in [-0.4, -0.2) is 25.2 Å². The molecule has 14 heavy (non-hydrogen) atoms. The van der Waals surface area contributed by atoms with Gasteiger partial charge in [0.25, 0.3) is 0 Å². The fraction of sp³-hybridized carbons (Fsp3) is 0.300. The summed E-state index contributed by atoms with van der Waals surface area (Å²) >= 11 is 0. The van der Waals surface area contributed by atoms with Gasteiger partial charge in [-0.3, -0.25) is 0 Å². The Morgan fingerprint density at radius 2 is 2.21 bits per heavy atom. The average molecular weight is 195 g/mol. The molecule has 1 heterocycles. The van der Waals surface area contributed by atoms with Crippen LogP contribution in [0.4, 0.5) is 0 Å². The summed E-state index contributed by atoms with van der Waals surface area (Å²) in [4.78, 5) is 14.3. The van der Waals surface area contributed by atoms with E-state index in [2.05, 4.69) is 9.72 Å². The summed E-state index contributed by atoms with van der Waals surface area (Å²) in [5, 5.41) is 0. The van der Waals surface area contributed by atoms with Crippen molar-refractivity contribution < 1.29 is 14.3 Å². The van der Waals surface area contributed by atoms with Crippen molar-refractivity contribution in [3.8, 4) is 0 Å². The largest absolute Gasteiger partial charge is 0.503 e. The molecule has 1 aromatic rings. The highest BCUT2D eigenvalue weighted by Crippen LogP contribution is 2.17. The maximum Gasteiger partial charge on any atom is 0.343 e. The minimum atomic E-state index is -0.419. The number of aryl methyl sites for hydroxylation is 1. The lowest BCUT2D eigenvalue weighted by Gasteiger charge is -2.04. The van der Waals surface area contributed by atoms with E-state index < -0.39 is 5.97 Å². The van der Waals surface area contributed by atoms with Gasteiger partial charge in [0, 0.05) is 6.20 Å². The predicted molar refractivity (Wildman–Crippen MR) is 52.5 cm³/mol. The molecule has 0 saturated carbocycles. The van der Waals surface area contributed by atoms with Gasteiger partial charge in [-0.2, -0.15) is 0 Å². The molecule has 0 atom stereocenters. The fourth-order valence-electron chi connectivity index (χ4n) is 1.17. The smallest absolute Gasteiger partial charge is 0.343 e. The molecular formula is C10H13NO3. The number of carbonyl (C=O) groups is 1. The SMILES string of the molecule is CO/C=C(/C(=O)OC)c1[nH]ccc1C. The summed E-state index contributed by atoms with van der Waals surface area (Å²) in [5.41, 5.74) is 2.08. The van der Waals surface area contributed by atoms with E-state index in [9.17, 15) is 4.79 Å². The van der Waals surface area contributed by atoms with Crippen LogP contribution in [0.15, 0.2) is 18.5 Å². The van der Waals surface area contributed by atoms with Crippen LogP contribution in [0.1, 0.15) is 11.3 Å². The summed E-state index contributed by atoms with van der Waals surface area (Å²) in [7, 11) is 2.82. The Morgan fingerprint density at radius 1 is 1.50 bits per heavy atom. The maximum atomic E-state index is 11.4. The van der Waals surface area contributed by atoms with Crippen LogP contribution in [0, 0.1) is 6.92 Å². The Hall–Kier alpha value is -1.71. The van der Waals surface area contributed by atoms with Crippen LogP contribution in [0.2, 0.25) is 0 Å². The van der Waals surface area contributed by atoms with Crippen molar-refractivity contribution in [2.24, 2.45) is 0 Å². The molecule has 0 aromatic carbocycles. The molecule has 4 heteroatoms. The highest BCUT2D eigenvalue weighted by molar-refractivity contribution is 6.15. The highest BCUT2D eigenvalue weighted by atomic mass is 16.5. The second-order valence-electron chi connectivity index (χ2n) is 2.79. The second kappa shape index (κ2) is 4.50. The van der Waals surface area contributed by atoms with Gasteiger partial charge in [0.15, 0.2) is 0 Å². The molecule has 0 fully saturated rings. The lowest BCUT2D eigenvalue weighted by atomic mass is 10.1. The Kier molecular flexibility index (Phi) is 3.34. The lowest BCUT2D eigenvalue weighted by molar-refractivity contribution is -0.133. The van der Waals surface area contributed by atoms with Crippen molar-refractivity contribution in [2.75, 3.05) is 14.2 Å². The average Bonchev–Trinajstić information content (AvgIpc) is 2.60. The third-order valence-electron chi connectivity index (χ3n) is 1.87. The van der Waals surface area contributed by atoms with E-state index in [1.54, 1.807) is 6.20 Å². The number of aromatic nitrogens is 1. The molecule has 76 valence electrons. The minimum absolute atomic E-state index is 0.387. The third-order valence-corrected chi connectivity index (χ3v) is 1.87. The van der Waals surface area contributed by atoms with Gasteiger partial charge in [-0.05, 0) is 18.6 Å². The number of hydrogen-bond acceptors (Lipinski definition) is 3. The van der Waals surface area contributed by atoms with Crippen LogP contribution in [-0.2, 0) is 14.3 Å². The molecule has 1 N–H and O–H groups in total. The first-order valence-electron chi connectivity index (χ1n) is 4.16. The van der Waals surface area contributed by atoms with Gasteiger partial charge in [-0.15, -0.1) is 0 Å². The minimum Gasteiger partial charge on any atom is -0.503 e. The highest BCUT2D eigenvalue weighted by Gasteiger charge is 2.15. The van der Waals surface area contributed by atoms with Gasteiger partial charge in [0.05, 0.1) is 26.2 Å². The molecule has 0 spiro atoms. The van der Waals surface area contributed by atoms with Gasteiger partial charge in [0.2, 0.25) is 0 Å². The van der Waals surface area contributed by atoms with Crippen molar-refractivity contribution in [2.45, 2.75) is 6.92 Å². The zero-order valence-corrected chi connectivity index (χ0v) is 8.46. The summed E-state index contributed by atoms with van der Waals surface area (Å²) < 4.78 is 9.46. The van der Waals surface area contributed by atoms with Crippen LogP contribution in [0.25, 0.3) is 5.57 Å². The fourth-order valence-corrected chi connectivity index (χ4v) is 1.17. The molecule has 0 aliphatic carbocycles. The quantitative estimate of drug-likeness (QED) is 0.451.